The first kappa shape index (κ1) is 11.8. The average Bonchev–Trinajstić information content (AvgIpc) is 2.67. The topological polar surface area (TPSA) is 56.9 Å². The monoisotopic (exact) mass is 209 g/mol. The van der Waals surface area contributed by atoms with Crippen LogP contribution in [0.25, 0.3) is 0 Å². The number of aromatic amines is 1. The van der Waals surface area contributed by atoms with Gasteiger partial charge in [0.2, 0.25) is 5.91 Å². The Kier molecular flexibility index (Phi) is 4.90. The van der Waals surface area contributed by atoms with Crippen molar-refractivity contribution in [1.82, 2.24) is 15.6 Å². The van der Waals surface area contributed by atoms with Crippen LogP contribution < -0.4 is 10.6 Å². The van der Waals surface area contributed by atoms with Crippen LogP contribution in [0, 0.1) is 5.92 Å². The summed E-state index contributed by atoms with van der Waals surface area (Å²) >= 11 is 0. The SMILES string of the molecule is CC(C)CNC(=O)CNCc1cc[nH]c1. The summed E-state index contributed by atoms with van der Waals surface area (Å²) in [5, 5.41) is 5.93. The van der Waals surface area contributed by atoms with Crippen molar-refractivity contribution in [2.24, 2.45) is 5.92 Å². The number of carbonyl (C=O) groups is 1. The van der Waals surface area contributed by atoms with Gasteiger partial charge in [0.15, 0.2) is 0 Å². The van der Waals surface area contributed by atoms with Gasteiger partial charge >= 0.3 is 0 Å². The van der Waals surface area contributed by atoms with Crippen LogP contribution in [0.3, 0.4) is 0 Å². The lowest BCUT2D eigenvalue weighted by Crippen LogP contribution is -2.35. The lowest BCUT2D eigenvalue weighted by atomic mass is 10.2. The fourth-order valence-electron chi connectivity index (χ4n) is 1.17. The Bertz CT molecular complexity index is 280. The minimum absolute atomic E-state index is 0.0548. The lowest BCUT2D eigenvalue weighted by molar-refractivity contribution is -0.120. The highest BCUT2D eigenvalue weighted by molar-refractivity contribution is 5.77. The van der Waals surface area contributed by atoms with E-state index in [2.05, 4.69) is 29.5 Å². The normalized spacial score (nSPS) is 10.6. The molecule has 0 atom stereocenters. The second-order valence-electron chi connectivity index (χ2n) is 4.02. The van der Waals surface area contributed by atoms with Gasteiger partial charge in [-0.05, 0) is 17.5 Å². The zero-order chi connectivity index (χ0) is 11.1. The van der Waals surface area contributed by atoms with E-state index in [9.17, 15) is 4.79 Å². The molecule has 3 N–H and O–H groups in total. The van der Waals surface area contributed by atoms with Gasteiger partial charge in [0.1, 0.15) is 0 Å². The van der Waals surface area contributed by atoms with Crippen LogP contribution in [0.2, 0.25) is 0 Å². The molecule has 1 amide bonds. The fraction of sp³-hybridized carbons (Fsp3) is 0.545. The molecule has 84 valence electrons. The van der Waals surface area contributed by atoms with Gasteiger partial charge in [-0.1, -0.05) is 13.8 Å². The molecule has 0 saturated carbocycles. The van der Waals surface area contributed by atoms with E-state index in [1.165, 1.54) is 0 Å². The van der Waals surface area contributed by atoms with E-state index >= 15 is 0 Å². The van der Waals surface area contributed by atoms with Gasteiger partial charge in [-0.25, -0.2) is 0 Å². The van der Waals surface area contributed by atoms with Gasteiger partial charge in [0.25, 0.3) is 0 Å². The highest BCUT2D eigenvalue weighted by Crippen LogP contribution is 1.94. The summed E-state index contributed by atoms with van der Waals surface area (Å²) in [6, 6.07) is 1.99. The molecule has 0 radical (unpaired) electrons. The third-order valence-corrected chi connectivity index (χ3v) is 1.98. The van der Waals surface area contributed by atoms with E-state index in [1.54, 1.807) is 0 Å². The van der Waals surface area contributed by atoms with E-state index < -0.39 is 0 Å². The summed E-state index contributed by atoms with van der Waals surface area (Å²) in [5.74, 6) is 0.554. The van der Waals surface area contributed by atoms with Crippen molar-refractivity contribution < 1.29 is 4.79 Å². The molecule has 0 spiro atoms. The van der Waals surface area contributed by atoms with E-state index in [1.807, 2.05) is 18.5 Å². The number of hydrogen-bond donors (Lipinski definition) is 3. The van der Waals surface area contributed by atoms with E-state index in [0.717, 1.165) is 18.7 Å². The van der Waals surface area contributed by atoms with Gasteiger partial charge in [-0.2, -0.15) is 0 Å². The molecule has 0 bridgehead atoms. The lowest BCUT2D eigenvalue weighted by Gasteiger charge is -2.07. The third kappa shape index (κ3) is 5.22. The van der Waals surface area contributed by atoms with Crippen molar-refractivity contribution in [3.8, 4) is 0 Å². The summed E-state index contributed by atoms with van der Waals surface area (Å²) in [6.07, 6.45) is 3.79. The van der Waals surface area contributed by atoms with Gasteiger partial charge in [-0.15, -0.1) is 0 Å². The van der Waals surface area contributed by atoms with Crippen LogP contribution in [0.4, 0.5) is 0 Å². The zero-order valence-electron chi connectivity index (χ0n) is 9.34. The summed E-state index contributed by atoms with van der Waals surface area (Å²) < 4.78 is 0. The first-order valence-electron chi connectivity index (χ1n) is 5.27. The second-order valence-corrected chi connectivity index (χ2v) is 4.02. The van der Waals surface area contributed by atoms with Crippen LogP contribution in [-0.4, -0.2) is 24.0 Å². The summed E-state index contributed by atoms with van der Waals surface area (Å²) in [7, 11) is 0. The molecule has 0 aliphatic carbocycles. The van der Waals surface area contributed by atoms with Crippen molar-refractivity contribution in [2.45, 2.75) is 20.4 Å². The predicted octanol–water partition coefficient (Wildman–Crippen LogP) is 0.876. The summed E-state index contributed by atoms with van der Waals surface area (Å²) in [4.78, 5) is 14.3. The molecule has 4 heteroatoms. The molecule has 0 fully saturated rings. The largest absolute Gasteiger partial charge is 0.367 e. The van der Waals surface area contributed by atoms with Gasteiger partial charge < -0.3 is 15.6 Å². The van der Waals surface area contributed by atoms with Crippen molar-refractivity contribution in [3.63, 3.8) is 0 Å². The number of nitrogens with one attached hydrogen (secondary N) is 3. The van der Waals surface area contributed by atoms with E-state index in [4.69, 9.17) is 0 Å². The maximum absolute atomic E-state index is 11.3. The highest BCUT2D eigenvalue weighted by Gasteiger charge is 2.01. The van der Waals surface area contributed by atoms with Gasteiger partial charge in [-0.3, -0.25) is 4.79 Å². The second kappa shape index (κ2) is 6.24. The molecule has 1 aromatic heterocycles. The molecule has 15 heavy (non-hydrogen) atoms. The Balaban J connectivity index is 2.07. The number of rotatable bonds is 6. The molecular weight excluding hydrogens is 190 g/mol. The maximum Gasteiger partial charge on any atom is 0.233 e. The van der Waals surface area contributed by atoms with Crippen LogP contribution in [0.15, 0.2) is 18.5 Å². The molecular formula is C11H19N3O. The van der Waals surface area contributed by atoms with Crippen LogP contribution in [0.5, 0.6) is 0 Å². The first-order chi connectivity index (χ1) is 7.18. The van der Waals surface area contributed by atoms with Gasteiger partial charge in [0, 0.05) is 25.5 Å². The Hall–Kier alpha value is -1.29. The minimum atomic E-state index is 0.0548. The molecule has 1 rings (SSSR count). The maximum atomic E-state index is 11.3. The van der Waals surface area contributed by atoms with Crippen LogP contribution >= 0.6 is 0 Å². The van der Waals surface area contributed by atoms with Crippen molar-refractivity contribution in [2.75, 3.05) is 13.1 Å². The zero-order valence-corrected chi connectivity index (χ0v) is 9.34. The number of aromatic nitrogens is 1. The highest BCUT2D eigenvalue weighted by atomic mass is 16.1. The van der Waals surface area contributed by atoms with Crippen LogP contribution in [0.1, 0.15) is 19.4 Å². The Morgan fingerprint density at radius 3 is 2.93 bits per heavy atom. The van der Waals surface area contributed by atoms with Crippen molar-refractivity contribution in [1.29, 1.82) is 0 Å². The van der Waals surface area contributed by atoms with Crippen LogP contribution in [-0.2, 0) is 11.3 Å². The molecule has 0 aliphatic rings. The van der Waals surface area contributed by atoms with Gasteiger partial charge in [0.05, 0.1) is 6.54 Å². The smallest absolute Gasteiger partial charge is 0.233 e. The quantitative estimate of drug-likeness (QED) is 0.651. The Morgan fingerprint density at radius 2 is 2.33 bits per heavy atom. The molecule has 4 nitrogen and oxygen atoms in total. The van der Waals surface area contributed by atoms with E-state index in [-0.39, 0.29) is 5.91 Å². The molecule has 0 saturated heterocycles. The predicted molar refractivity (Wildman–Crippen MR) is 60.3 cm³/mol. The number of H-pyrrole nitrogens is 1. The Labute approximate surface area is 90.5 Å². The number of hydrogen-bond acceptors (Lipinski definition) is 2. The minimum Gasteiger partial charge on any atom is -0.367 e. The van der Waals surface area contributed by atoms with Crippen molar-refractivity contribution in [3.05, 3.63) is 24.0 Å². The number of amides is 1. The summed E-state index contributed by atoms with van der Waals surface area (Å²) in [6.45, 7) is 5.99. The molecule has 0 aliphatic heterocycles. The molecule has 1 heterocycles. The molecule has 1 aromatic rings. The first-order valence-corrected chi connectivity index (χ1v) is 5.27. The molecule has 0 aromatic carbocycles. The fourth-order valence-corrected chi connectivity index (χ4v) is 1.17. The standard InChI is InChI=1S/C11H19N3O/c1-9(2)5-14-11(15)8-13-7-10-3-4-12-6-10/h3-4,6,9,12-13H,5,7-8H2,1-2H3,(H,14,15). The van der Waals surface area contributed by atoms with Crippen molar-refractivity contribution >= 4 is 5.91 Å². The summed E-state index contributed by atoms with van der Waals surface area (Å²) in [5.41, 5.74) is 1.16. The number of carbonyl (C=O) groups excluding carboxylic acids is 1. The average molecular weight is 209 g/mol. The Morgan fingerprint density at radius 1 is 1.53 bits per heavy atom. The molecule has 0 unspecified atom stereocenters. The third-order valence-electron chi connectivity index (χ3n) is 1.98. The van der Waals surface area contributed by atoms with E-state index in [0.29, 0.717) is 12.5 Å².